The molecule has 0 spiro atoms. The summed E-state index contributed by atoms with van der Waals surface area (Å²) in [5.41, 5.74) is 4.15. The summed E-state index contributed by atoms with van der Waals surface area (Å²) < 4.78 is 9.53. The number of hydrogen-bond acceptors (Lipinski definition) is 2. The molecule has 0 atom stereocenters. The van der Waals surface area contributed by atoms with E-state index in [1.807, 2.05) is 36.4 Å². The predicted octanol–water partition coefficient (Wildman–Crippen LogP) is 4.27. The van der Waals surface area contributed by atoms with Crippen LogP contribution >= 0.6 is 11.6 Å². The normalized spacial score (nSPS) is 13.3. The van der Waals surface area contributed by atoms with Crippen LogP contribution < -0.4 is 4.57 Å². The van der Waals surface area contributed by atoms with Crippen LogP contribution in [-0.2, 0) is 24.2 Å². The number of methoxy groups -OCH3 is 1. The summed E-state index contributed by atoms with van der Waals surface area (Å²) in [6.45, 7) is 1.83. The Bertz CT molecular complexity index is 959. The van der Waals surface area contributed by atoms with Gasteiger partial charge in [-0.2, -0.15) is 0 Å². The van der Waals surface area contributed by atoms with Crippen molar-refractivity contribution >= 4 is 17.6 Å². The zero-order valence-corrected chi connectivity index (χ0v) is 16.1. The second-order valence-electron chi connectivity index (χ2n) is 6.86. The van der Waals surface area contributed by atoms with Gasteiger partial charge in [-0.15, -0.1) is 0 Å². The Morgan fingerprint density at radius 2 is 1.85 bits per heavy atom. The molecule has 0 radical (unpaired) electrons. The van der Waals surface area contributed by atoms with Gasteiger partial charge in [-0.05, 0) is 54.8 Å². The van der Waals surface area contributed by atoms with Crippen LogP contribution in [-0.4, -0.2) is 17.6 Å². The molecule has 0 saturated heterocycles. The molecule has 1 aromatic heterocycles. The average Bonchev–Trinajstić information content (AvgIpc) is 3.07. The molecule has 5 heteroatoms. The van der Waals surface area contributed by atoms with Crippen molar-refractivity contribution in [2.75, 3.05) is 7.11 Å². The Morgan fingerprint density at radius 3 is 2.56 bits per heavy atom. The third kappa shape index (κ3) is 3.62. The van der Waals surface area contributed by atoms with Gasteiger partial charge in [-0.3, -0.25) is 0 Å². The van der Waals surface area contributed by atoms with Gasteiger partial charge < -0.3 is 4.74 Å². The van der Waals surface area contributed by atoms with Crippen LogP contribution in [0.15, 0.2) is 54.7 Å². The summed E-state index contributed by atoms with van der Waals surface area (Å²) in [4.78, 5) is 11.6. The lowest BCUT2D eigenvalue weighted by Gasteiger charge is -2.11. The van der Waals surface area contributed by atoms with Gasteiger partial charge in [-0.1, -0.05) is 23.7 Å². The lowest BCUT2D eigenvalue weighted by Crippen LogP contribution is -2.38. The van der Waals surface area contributed by atoms with Gasteiger partial charge in [0.05, 0.1) is 19.2 Å². The lowest BCUT2D eigenvalue weighted by molar-refractivity contribution is -0.695. The van der Waals surface area contributed by atoms with Crippen molar-refractivity contribution < 1.29 is 14.1 Å². The number of carbonyl (C=O) groups excluding carboxylic acids is 1. The maximum absolute atomic E-state index is 11.6. The van der Waals surface area contributed by atoms with E-state index in [1.165, 1.54) is 37.0 Å². The van der Waals surface area contributed by atoms with Gasteiger partial charge in [0.1, 0.15) is 12.7 Å². The molecule has 0 aliphatic carbocycles. The first-order chi connectivity index (χ1) is 13.2. The molecule has 1 aliphatic heterocycles. The average molecular weight is 382 g/mol. The first kappa shape index (κ1) is 17.8. The fraction of sp³-hybridized carbons (Fsp3) is 0.273. The van der Waals surface area contributed by atoms with Crippen molar-refractivity contribution in [3.05, 3.63) is 76.7 Å². The number of rotatable bonds is 4. The van der Waals surface area contributed by atoms with Crippen LogP contribution in [0.1, 0.15) is 34.6 Å². The minimum Gasteiger partial charge on any atom is -0.465 e. The van der Waals surface area contributed by atoms with Gasteiger partial charge in [0.2, 0.25) is 0 Å². The largest absolute Gasteiger partial charge is 0.465 e. The molecule has 4 nitrogen and oxygen atoms in total. The molecular formula is C22H22ClN2O2+. The van der Waals surface area contributed by atoms with Crippen LogP contribution in [0.25, 0.3) is 11.3 Å². The molecule has 0 fully saturated rings. The summed E-state index contributed by atoms with van der Waals surface area (Å²) in [5, 5.41) is 0.753. The standard InChI is InChI=1S/C22H22ClN2O2/c1-27-22(26)18-7-5-16(6-8-18)14-24-15-20(17-9-11-19(23)12-10-17)25-13-3-2-4-21(24)25/h5-12,15H,2-4,13-14H2,1H3/q+1. The van der Waals surface area contributed by atoms with Crippen LogP contribution in [0.2, 0.25) is 5.02 Å². The molecule has 0 amide bonds. The van der Waals surface area contributed by atoms with Gasteiger partial charge in [0, 0.05) is 17.0 Å². The number of halogens is 1. The molecular weight excluding hydrogens is 360 g/mol. The Morgan fingerprint density at radius 1 is 1.11 bits per heavy atom. The maximum Gasteiger partial charge on any atom is 0.337 e. The summed E-state index contributed by atoms with van der Waals surface area (Å²) in [7, 11) is 1.40. The molecule has 0 unspecified atom stereocenters. The van der Waals surface area contributed by atoms with E-state index in [9.17, 15) is 4.79 Å². The van der Waals surface area contributed by atoms with Crippen molar-refractivity contribution in [3.63, 3.8) is 0 Å². The van der Waals surface area contributed by atoms with E-state index in [2.05, 4.69) is 27.5 Å². The summed E-state index contributed by atoms with van der Waals surface area (Å²) >= 11 is 6.06. The van der Waals surface area contributed by atoms with Crippen molar-refractivity contribution in [2.45, 2.75) is 32.4 Å². The highest BCUT2D eigenvalue weighted by Crippen LogP contribution is 2.25. The number of imidazole rings is 1. The van der Waals surface area contributed by atoms with E-state index in [1.54, 1.807) is 0 Å². The zero-order chi connectivity index (χ0) is 18.8. The predicted molar refractivity (Wildman–Crippen MR) is 105 cm³/mol. The van der Waals surface area contributed by atoms with Gasteiger partial charge in [0.15, 0.2) is 5.69 Å². The number of benzene rings is 2. The quantitative estimate of drug-likeness (QED) is 0.499. The number of aromatic nitrogens is 2. The molecule has 3 aromatic rings. The number of esters is 1. The highest BCUT2D eigenvalue weighted by molar-refractivity contribution is 6.30. The third-order valence-electron chi connectivity index (χ3n) is 5.11. The smallest absolute Gasteiger partial charge is 0.337 e. The minimum absolute atomic E-state index is 0.305. The number of fused-ring (bicyclic) bond motifs is 1. The lowest BCUT2D eigenvalue weighted by atomic mass is 10.1. The summed E-state index contributed by atoms with van der Waals surface area (Å²) in [6.07, 6.45) is 5.73. The SMILES string of the molecule is COC(=O)c1ccc(C[n+]2cc(-c3ccc(Cl)cc3)n3c2CCCC3)cc1. The van der Waals surface area contributed by atoms with Crippen molar-refractivity contribution in [1.82, 2.24) is 4.57 Å². The van der Waals surface area contributed by atoms with Gasteiger partial charge >= 0.3 is 5.97 Å². The Labute approximate surface area is 164 Å². The van der Waals surface area contributed by atoms with Gasteiger partial charge in [0.25, 0.3) is 5.82 Å². The molecule has 1 aliphatic rings. The number of hydrogen-bond donors (Lipinski definition) is 0. The third-order valence-corrected chi connectivity index (χ3v) is 5.36. The van der Waals surface area contributed by atoms with Crippen LogP contribution in [0, 0.1) is 0 Å². The number of ether oxygens (including phenoxy) is 1. The zero-order valence-electron chi connectivity index (χ0n) is 15.3. The molecule has 0 bridgehead atoms. The van der Waals surface area contributed by atoms with Crippen molar-refractivity contribution in [3.8, 4) is 11.3 Å². The molecule has 0 saturated carbocycles. The van der Waals surface area contributed by atoms with Crippen molar-refractivity contribution in [2.24, 2.45) is 0 Å². The Hall–Kier alpha value is -2.59. The first-order valence-corrected chi connectivity index (χ1v) is 9.58. The second-order valence-corrected chi connectivity index (χ2v) is 7.30. The number of nitrogens with zero attached hydrogens (tertiary/aromatic N) is 2. The van der Waals surface area contributed by atoms with E-state index >= 15 is 0 Å². The van der Waals surface area contributed by atoms with E-state index in [0.717, 1.165) is 30.1 Å². The second kappa shape index (κ2) is 7.57. The number of carbonyl (C=O) groups is 1. The first-order valence-electron chi connectivity index (χ1n) is 9.21. The molecule has 0 N–H and O–H groups in total. The Balaban J connectivity index is 1.67. The van der Waals surface area contributed by atoms with Crippen LogP contribution in [0.4, 0.5) is 0 Å². The summed E-state index contributed by atoms with van der Waals surface area (Å²) in [6, 6.07) is 15.7. The maximum atomic E-state index is 11.6. The van der Waals surface area contributed by atoms with E-state index in [-0.39, 0.29) is 5.97 Å². The monoisotopic (exact) mass is 381 g/mol. The molecule has 4 rings (SSSR count). The summed E-state index contributed by atoms with van der Waals surface area (Å²) in [5.74, 6) is 1.05. The Kier molecular flexibility index (Phi) is 4.99. The molecule has 27 heavy (non-hydrogen) atoms. The molecule has 138 valence electrons. The highest BCUT2D eigenvalue weighted by Gasteiger charge is 2.26. The van der Waals surface area contributed by atoms with E-state index < -0.39 is 0 Å². The van der Waals surface area contributed by atoms with E-state index in [4.69, 9.17) is 16.3 Å². The fourth-order valence-electron chi connectivity index (χ4n) is 3.72. The molecule has 2 heterocycles. The van der Waals surface area contributed by atoms with Gasteiger partial charge in [-0.25, -0.2) is 13.9 Å². The van der Waals surface area contributed by atoms with Crippen LogP contribution in [0.5, 0.6) is 0 Å². The minimum atomic E-state index is -0.305. The van der Waals surface area contributed by atoms with E-state index in [0.29, 0.717) is 5.56 Å². The fourth-order valence-corrected chi connectivity index (χ4v) is 3.84. The topological polar surface area (TPSA) is 35.1 Å². The van der Waals surface area contributed by atoms with Crippen molar-refractivity contribution in [1.29, 1.82) is 0 Å². The molecule has 2 aromatic carbocycles. The van der Waals surface area contributed by atoms with Crippen LogP contribution in [0.3, 0.4) is 0 Å². The highest BCUT2D eigenvalue weighted by atomic mass is 35.5.